The molecule has 358 valence electrons. The zero-order valence-corrected chi connectivity index (χ0v) is 37.7. The third-order valence-corrected chi connectivity index (χ3v) is 11.9. The van der Waals surface area contributed by atoms with Gasteiger partial charge in [0.15, 0.2) is 12.6 Å². The van der Waals surface area contributed by atoms with Crippen molar-refractivity contribution in [1.82, 2.24) is 5.32 Å². The second-order valence-corrected chi connectivity index (χ2v) is 17.2. The Morgan fingerprint density at radius 2 is 1.05 bits per heavy atom. The summed E-state index contributed by atoms with van der Waals surface area (Å²) in [5.74, 6) is -0.275. The highest BCUT2D eigenvalue weighted by Gasteiger charge is 2.51. The Morgan fingerprint density at radius 1 is 0.574 bits per heavy atom. The number of hydrogen-bond acceptors (Lipinski definition) is 13. The first-order valence-corrected chi connectivity index (χ1v) is 24.1. The third-order valence-electron chi connectivity index (χ3n) is 11.9. The van der Waals surface area contributed by atoms with Crippen molar-refractivity contribution in [1.29, 1.82) is 0 Å². The second-order valence-electron chi connectivity index (χ2n) is 17.2. The molecule has 0 aliphatic carbocycles. The Morgan fingerprint density at radius 3 is 1.61 bits per heavy atom. The summed E-state index contributed by atoms with van der Waals surface area (Å²) in [4.78, 5) is 12.8. The van der Waals surface area contributed by atoms with Crippen LogP contribution in [0.5, 0.6) is 0 Å². The van der Waals surface area contributed by atoms with Crippen LogP contribution in [0.25, 0.3) is 0 Å². The van der Waals surface area contributed by atoms with Crippen LogP contribution in [0.4, 0.5) is 0 Å². The number of carbonyl (C=O) groups is 1. The summed E-state index contributed by atoms with van der Waals surface area (Å²) >= 11 is 0. The summed E-state index contributed by atoms with van der Waals surface area (Å²) in [5.41, 5.74) is 0. The number of hydrogen-bond donors (Lipinski definition) is 9. The molecule has 61 heavy (non-hydrogen) atoms. The molecule has 1 amide bonds. The molecule has 2 heterocycles. The molecule has 2 aliphatic rings. The van der Waals surface area contributed by atoms with Crippen LogP contribution in [0, 0.1) is 0 Å². The fraction of sp³-hybridized carbons (Fsp3) is 0.894. The molecule has 2 rings (SSSR count). The fourth-order valence-corrected chi connectivity index (χ4v) is 7.89. The molecule has 14 nitrogen and oxygen atoms in total. The second kappa shape index (κ2) is 34.8. The molecule has 0 radical (unpaired) electrons. The van der Waals surface area contributed by atoms with Gasteiger partial charge in [-0.15, -0.1) is 0 Å². The van der Waals surface area contributed by atoms with Crippen molar-refractivity contribution < 1.29 is 64.6 Å². The Bertz CT molecular complexity index is 1130. The minimum atomic E-state index is -1.79. The van der Waals surface area contributed by atoms with Gasteiger partial charge in [-0.1, -0.05) is 160 Å². The van der Waals surface area contributed by atoms with Crippen molar-refractivity contribution in [2.24, 2.45) is 0 Å². The van der Waals surface area contributed by atoms with Crippen molar-refractivity contribution in [3.63, 3.8) is 0 Å². The maximum atomic E-state index is 12.8. The number of ether oxygens (including phenoxy) is 4. The number of rotatable bonds is 36. The molecular weight excluding hydrogens is 787 g/mol. The lowest BCUT2D eigenvalue weighted by molar-refractivity contribution is -0.359. The standard InChI is InChI=1S/C47H87NO13/c1-3-5-7-8-9-10-11-12-13-14-15-16-17-18-19-20-21-22-23-24-25-26-27-29-30-36(51)35(48-39(52)31-28-6-4-2)34-58-46-44(57)42(55)45(38(33-50)60-46)61-47-43(56)41(54)40(53)37(32-49)59-47/h24-25,29-30,35-38,40-47,49-51,53-57H,3-23,26-28,31-34H2,1-2H3,(H,48,52)/b25-24+,30-29+. The first-order valence-electron chi connectivity index (χ1n) is 24.1. The van der Waals surface area contributed by atoms with Gasteiger partial charge >= 0.3 is 0 Å². The summed E-state index contributed by atoms with van der Waals surface area (Å²) in [5, 5.41) is 85.9. The highest BCUT2D eigenvalue weighted by Crippen LogP contribution is 2.30. The molecule has 2 fully saturated rings. The molecule has 12 unspecified atom stereocenters. The van der Waals surface area contributed by atoms with Crippen molar-refractivity contribution in [2.45, 2.75) is 248 Å². The van der Waals surface area contributed by atoms with Gasteiger partial charge < -0.3 is 65.1 Å². The normalized spacial score (nSPS) is 28.2. The summed E-state index contributed by atoms with van der Waals surface area (Å²) in [7, 11) is 0. The van der Waals surface area contributed by atoms with E-state index in [1.54, 1.807) is 6.08 Å². The quantitative estimate of drug-likeness (QED) is 0.0285. The van der Waals surface area contributed by atoms with E-state index in [9.17, 15) is 45.6 Å². The topological polar surface area (TPSA) is 228 Å². The monoisotopic (exact) mass is 874 g/mol. The van der Waals surface area contributed by atoms with E-state index < -0.39 is 86.8 Å². The average Bonchev–Trinajstić information content (AvgIpc) is 3.25. The van der Waals surface area contributed by atoms with Gasteiger partial charge in [0.2, 0.25) is 5.91 Å². The highest BCUT2D eigenvalue weighted by molar-refractivity contribution is 5.76. The van der Waals surface area contributed by atoms with E-state index in [2.05, 4.69) is 24.4 Å². The summed E-state index contributed by atoms with van der Waals surface area (Å²) in [6.07, 6.45) is 20.6. The third kappa shape index (κ3) is 22.8. The van der Waals surface area contributed by atoms with Gasteiger partial charge in [0, 0.05) is 6.42 Å². The highest BCUT2D eigenvalue weighted by atomic mass is 16.7. The van der Waals surface area contributed by atoms with Crippen molar-refractivity contribution >= 4 is 5.91 Å². The van der Waals surface area contributed by atoms with Crippen LogP contribution < -0.4 is 5.32 Å². The van der Waals surface area contributed by atoms with Crippen LogP contribution in [-0.2, 0) is 23.7 Å². The number of carbonyl (C=O) groups excluding carboxylic acids is 1. The van der Waals surface area contributed by atoms with Gasteiger partial charge in [-0.05, 0) is 32.1 Å². The van der Waals surface area contributed by atoms with Gasteiger partial charge in [-0.2, -0.15) is 0 Å². The summed E-state index contributed by atoms with van der Waals surface area (Å²) in [6, 6.07) is -0.922. The zero-order chi connectivity index (χ0) is 44.7. The Balaban J connectivity index is 1.70. The summed E-state index contributed by atoms with van der Waals surface area (Å²) < 4.78 is 22.5. The number of unbranched alkanes of at least 4 members (excludes halogenated alkanes) is 21. The molecule has 14 heteroatoms. The maximum Gasteiger partial charge on any atom is 0.220 e. The van der Waals surface area contributed by atoms with Crippen LogP contribution in [0.1, 0.15) is 174 Å². The molecule has 2 aliphatic heterocycles. The lowest BCUT2D eigenvalue weighted by Crippen LogP contribution is -2.65. The van der Waals surface area contributed by atoms with E-state index in [0.717, 1.165) is 25.7 Å². The minimum Gasteiger partial charge on any atom is -0.394 e. The molecule has 0 spiro atoms. The first-order chi connectivity index (χ1) is 29.6. The van der Waals surface area contributed by atoms with E-state index in [-0.39, 0.29) is 18.9 Å². The lowest BCUT2D eigenvalue weighted by atomic mass is 9.97. The molecule has 0 aromatic heterocycles. The van der Waals surface area contributed by atoms with Gasteiger partial charge in [0.25, 0.3) is 0 Å². The molecular formula is C47H87NO13. The van der Waals surface area contributed by atoms with Gasteiger partial charge in [0.05, 0.1) is 32.0 Å². The fourth-order valence-electron chi connectivity index (χ4n) is 7.89. The molecule has 0 aromatic rings. The van der Waals surface area contributed by atoms with Crippen molar-refractivity contribution in [2.75, 3.05) is 19.8 Å². The van der Waals surface area contributed by atoms with Crippen LogP contribution in [0.15, 0.2) is 24.3 Å². The Hall–Kier alpha value is -1.53. The predicted molar refractivity (Wildman–Crippen MR) is 235 cm³/mol. The lowest BCUT2D eigenvalue weighted by Gasteiger charge is -2.46. The number of amides is 1. The van der Waals surface area contributed by atoms with E-state index >= 15 is 0 Å². The summed E-state index contributed by atoms with van der Waals surface area (Å²) in [6.45, 7) is 2.57. The van der Waals surface area contributed by atoms with Crippen LogP contribution >= 0.6 is 0 Å². The van der Waals surface area contributed by atoms with Crippen molar-refractivity contribution in [3.05, 3.63) is 24.3 Å². The van der Waals surface area contributed by atoms with Gasteiger partial charge in [0.1, 0.15) is 48.8 Å². The first kappa shape index (κ1) is 55.6. The van der Waals surface area contributed by atoms with Crippen LogP contribution in [-0.4, -0.2) is 140 Å². The minimum absolute atomic E-state index is 0.260. The molecule has 9 N–H and O–H groups in total. The molecule has 0 aromatic carbocycles. The van der Waals surface area contributed by atoms with Crippen LogP contribution in [0.3, 0.4) is 0 Å². The molecule has 0 bridgehead atoms. The van der Waals surface area contributed by atoms with Crippen LogP contribution in [0.2, 0.25) is 0 Å². The molecule has 12 atom stereocenters. The zero-order valence-electron chi connectivity index (χ0n) is 37.7. The molecule has 2 saturated heterocycles. The van der Waals surface area contributed by atoms with E-state index in [1.165, 1.54) is 116 Å². The number of aliphatic hydroxyl groups is 8. The maximum absolute atomic E-state index is 12.8. The largest absolute Gasteiger partial charge is 0.394 e. The van der Waals surface area contributed by atoms with E-state index in [4.69, 9.17) is 18.9 Å². The number of nitrogens with one attached hydrogen (secondary N) is 1. The smallest absolute Gasteiger partial charge is 0.220 e. The van der Waals surface area contributed by atoms with Crippen molar-refractivity contribution in [3.8, 4) is 0 Å². The predicted octanol–water partition coefficient (Wildman–Crippen LogP) is 5.38. The Labute approximate surface area is 367 Å². The number of aliphatic hydroxyl groups excluding tert-OH is 8. The number of allylic oxidation sites excluding steroid dienone is 3. The van der Waals surface area contributed by atoms with Gasteiger partial charge in [-0.25, -0.2) is 0 Å². The SMILES string of the molecule is CCCCCCCCCCCCCCCCCCCC/C=C/CC/C=C/C(O)C(COC1OC(CO)C(OC2OC(CO)C(O)C(O)C2O)C(O)C1O)NC(=O)CCCCC. The van der Waals surface area contributed by atoms with E-state index in [0.29, 0.717) is 12.8 Å². The van der Waals surface area contributed by atoms with E-state index in [1.807, 2.05) is 13.0 Å². The van der Waals surface area contributed by atoms with Gasteiger partial charge in [-0.3, -0.25) is 4.79 Å². The average molecular weight is 874 g/mol. The Kier molecular flexibility index (Phi) is 31.7. The molecule has 0 saturated carbocycles.